The highest BCUT2D eigenvalue weighted by molar-refractivity contribution is 5.86. The number of hydrogen-bond acceptors (Lipinski definition) is 4. The van der Waals surface area contributed by atoms with E-state index in [0.29, 0.717) is 16.8 Å². The smallest absolute Gasteiger partial charge is 0.373 e. The standard InChI is InChI=1S/C12H8N2O3/c1-7-10(12(15)16)17-11(14-7)9-4-2-3-8(5-9)6-13/h2-5H,1H3,(H,15,16). The number of carboxylic acids is 1. The van der Waals surface area contributed by atoms with Crippen LogP contribution in [-0.2, 0) is 0 Å². The van der Waals surface area contributed by atoms with E-state index in [-0.39, 0.29) is 11.7 Å². The Balaban J connectivity index is 2.50. The Morgan fingerprint density at radius 3 is 2.88 bits per heavy atom. The summed E-state index contributed by atoms with van der Waals surface area (Å²) in [5.41, 5.74) is 1.37. The number of aryl methyl sites for hydroxylation is 1. The van der Waals surface area contributed by atoms with Crippen LogP contribution in [0.4, 0.5) is 0 Å². The summed E-state index contributed by atoms with van der Waals surface area (Å²) in [6.07, 6.45) is 0. The van der Waals surface area contributed by atoms with Crippen molar-refractivity contribution in [1.82, 2.24) is 4.98 Å². The highest BCUT2D eigenvalue weighted by Crippen LogP contribution is 2.22. The van der Waals surface area contributed by atoms with E-state index in [4.69, 9.17) is 14.8 Å². The van der Waals surface area contributed by atoms with Gasteiger partial charge in [-0.05, 0) is 25.1 Å². The van der Waals surface area contributed by atoms with Crippen molar-refractivity contribution in [3.05, 3.63) is 41.3 Å². The zero-order chi connectivity index (χ0) is 12.4. The average molecular weight is 228 g/mol. The Hall–Kier alpha value is -2.61. The zero-order valence-corrected chi connectivity index (χ0v) is 8.97. The molecular weight excluding hydrogens is 220 g/mol. The van der Waals surface area contributed by atoms with Crippen LogP contribution in [0.5, 0.6) is 0 Å². The SMILES string of the molecule is Cc1nc(-c2cccc(C#N)c2)oc1C(=O)O. The first-order chi connectivity index (χ1) is 8.11. The second kappa shape index (κ2) is 4.10. The van der Waals surface area contributed by atoms with Crippen LogP contribution >= 0.6 is 0 Å². The summed E-state index contributed by atoms with van der Waals surface area (Å²) in [6, 6.07) is 8.63. The molecule has 1 heterocycles. The third-order valence-corrected chi connectivity index (χ3v) is 2.23. The van der Waals surface area contributed by atoms with Crippen LogP contribution in [0.15, 0.2) is 28.7 Å². The number of aromatic carboxylic acids is 1. The average Bonchev–Trinajstić information content (AvgIpc) is 2.71. The minimum absolute atomic E-state index is 0.178. The lowest BCUT2D eigenvalue weighted by Gasteiger charge is -1.94. The Bertz CT molecular complexity index is 623. The second-order valence-electron chi connectivity index (χ2n) is 3.43. The molecule has 5 heteroatoms. The number of nitrogens with zero attached hydrogens (tertiary/aromatic N) is 2. The zero-order valence-electron chi connectivity index (χ0n) is 8.97. The summed E-state index contributed by atoms with van der Waals surface area (Å²) in [7, 11) is 0. The van der Waals surface area contributed by atoms with Crippen molar-refractivity contribution in [2.45, 2.75) is 6.92 Å². The van der Waals surface area contributed by atoms with Crippen molar-refractivity contribution in [1.29, 1.82) is 5.26 Å². The van der Waals surface area contributed by atoms with E-state index in [0.717, 1.165) is 0 Å². The van der Waals surface area contributed by atoms with Gasteiger partial charge in [0.15, 0.2) is 0 Å². The summed E-state index contributed by atoms with van der Waals surface area (Å²) >= 11 is 0. The molecule has 0 radical (unpaired) electrons. The topological polar surface area (TPSA) is 87.1 Å². The molecule has 84 valence electrons. The molecule has 0 bridgehead atoms. The molecule has 0 spiro atoms. The summed E-state index contributed by atoms with van der Waals surface area (Å²) < 4.78 is 5.14. The molecule has 0 atom stereocenters. The van der Waals surface area contributed by atoms with E-state index in [1.807, 2.05) is 6.07 Å². The van der Waals surface area contributed by atoms with Gasteiger partial charge < -0.3 is 9.52 Å². The molecule has 0 saturated carbocycles. The Labute approximate surface area is 96.9 Å². The molecule has 5 nitrogen and oxygen atoms in total. The fraction of sp³-hybridized carbons (Fsp3) is 0.0833. The molecule has 1 aromatic carbocycles. The van der Waals surface area contributed by atoms with Gasteiger partial charge in [0.2, 0.25) is 11.7 Å². The van der Waals surface area contributed by atoms with Gasteiger partial charge in [0, 0.05) is 5.56 Å². The molecule has 0 amide bonds. The van der Waals surface area contributed by atoms with Crippen LogP contribution in [-0.4, -0.2) is 16.1 Å². The van der Waals surface area contributed by atoms with E-state index >= 15 is 0 Å². The predicted molar refractivity (Wildman–Crippen MR) is 58.4 cm³/mol. The number of carbonyl (C=O) groups is 1. The second-order valence-corrected chi connectivity index (χ2v) is 3.43. The van der Waals surface area contributed by atoms with Crippen LogP contribution < -0.4 is 0 Å². The highest BCUT2D eigenvalue weighted by atomic mass is 16.4. The van der Waals surface area contributed by atoms with Crippen LogP contribution in [0, 0.1) is 18.3 Å². The predicted octanol–water partition coefficient (Wildman–Crippen LogP) is 2.22. The number of aromatic nitrogens is 1. The molecule has 2 rings (SSSR count). The van der Waals surface area contributed by atoms with E-state index in [2.05, 4.69) is 4.98 Å². The maximum Gasteiger partial charge on any atom is 0.373 e. The van der Waals surface area contributed by atoms with Gasteiger partial charge in [0.25, 0.3) is 0 Å². The van der Waals surface area contributed by atoms with E-state index < -0.39 is 5.97 Å². The number of carboxylic acid groups (broad SMARTS) is 1. The van der Waals surface area contributed by atoms with Crippen molar-refractivity contribution in [3.63, 3.8) is 0 Å². The van der Waals surface area contributed by atoms with Gasteiger partial charge in [-0.2, -0.15) is 5.26 Å². The van der Waals surface area contributed by atoms with Gasteiger partial charge >= 0.3 is 5.97 Å². The molecule has 0 aliphatic rings. The van der Waals surface area contributed by atoms with Crippen molar-refractivity contribution >= 4 is 5.97 Å². The van der Waals surface area contributed by atoms with E-state index in [9.17, 15) is 4.79 Å². The molecule has 17 heavy (non-hydrogen) atoms. The summed E-state index contributed by atoms with van der Waals surface area (Å²) in [5, 5.41) is 17.6. The van der Waals surface area contributed by atoms with Gasteiger partial charge in [-0.1, -0.05) is 6.07 Å². The van der Waals surface area contributed by atoms with Gasteiger partial charge in [-0.25, -0.2) is 9.78 Å². The molecule has 0 saturated heterocycles. The van der Waals surface area contributed by atoms with Gasteiger partial charge in [-0.3, -0.25) is 0 Å². The van der Waals surface area contributed by atoms with Gasteiger partial charge in [0.05, 0.1) is 17.3 Å². The van der Waals surface area contributed by atoms with Gasteiger partial charge in [0.1, 0.15) is 0 Å². The van der Waals surface area contributed by atoms with Crippen molar-refractivity contribution in [2.24, 2.45) is 0 Å². The third kappa shape index (κ3) is 2.01. The maximum absolute atomic E-state index is 10.8. The highest BCUT2D eigenvalue weighted by Gasteiger charge is 2.17. The first-order valence-corrected chi connectivity index (χ1v) is 4.83. The first kappa shape index (κ1) is 10.9. The molecular formula is C12H8N2O3. The fourth-order valence-electron chi connectivity index (χ4n) is 1.44. The lowest BCUT2D eigenvalue weighted by molar-refractivity contribution is 0.0662. The first-order valence-electron chi connectivity index (χ1n) is 4.83. The number of oxazole rings is 1. The quantitative estimate of drug-likeness (QED) is 0.851. The fourth-order valence-corrected chi connectivity index (χ4v) is 1.44. The monoisotopic (exact) mass is 228 g/mol. The number of hydrogen-bond donors (Lipinski definition) is 1. The molecule has 1 aromatic heterocycles. The molecule has 0 unspecified atom stereocenters. The van der Waals surface area contributed by atoms with Crippen LogP contribution in [0.25, 0.3) is 11.5 Å². The number of benzene rings is 1. The van der Waals surface area contributed by atoms with Crippen LogP contribution in [0.2, 0.25) is 0 Å². The summed E-state index contributed by atoms with van der Waals surface area (Å²) in [5.74, 6) is -1.13. The summed E-state index contributed by atoms with van der Waals surface area (Å²) in [4.78, 5) is 14.8. The molecule has 2 aromatic rings. The van der Waals surface area contributed by atoms with Crippen molar-refractivity contribution in [2.75, 3.05) is 0 Å². The van der Waals surface area contributed by atoms with Crippen LogP contribution in [0.1, 0.15) is 21.8 Å². The lowest BCUT2D eigenvalue weighted by atomic mass is 10.1. The minimum Gasteiger partial charge on any atom is -0.475 e. The van der Waals surface area contributed by atoms with Crippen molar-refractivity contribution < 1.29 is 14.3 Å². The molecule has 0 aliphatic heterocycles. The van der Waals surface area contributed by atoms with E-state index in [1.54, 1.807) is 31.2 Å². The minimum atomic E-state index is -1.15. The van der Waals surface area contributed by atoms with Gasteiger partial charge in [-0.15, -0.1) is 0 Å². The molecule has 0 fully saturated rings. The Morgan fingerprint density at radius 2 is 2.29 bits per heavy atom. The molecule has 1 N–H and O–H groups in total. The van der Waals surface area contributed by atoms with E-state index in [1.165, 1.54) is 0 Å². The normalized spacial score (nSPS) is 9.88. The lowest BCUT2D eigenvalue weighted by Crippen LogP contribution is -1.95. The Kier molecular flexibility index (Phi) is 2.63. The number of rotatable bonds is 2. The maximum atomic E-state index is 10.8. The van der Waals surface area contributed by atoms with Crippen LogP contribution in [0.3, 0.4) is 0 Å². The summed E-state index contributed by atoms with van der Waals surface area (Å²) in [6.45, 7) is 1.56. The van der Waals surface area contributed by atoms with Crippen molar-refractivity contribution in [3.8, 4) is 17.5 Å². The third-order valence-electron chi connectivity index (χ3n) is 2.23. The Morgan fingerprint density at radius 1 is 1.53 bits per heavy atom. The number of nitriles is 1. The largest absolute Gasteiger partial charge is 0.475 e. The molecule has 0 aliphatic carbocycles.